The first-order valence-electron chi connectivity index (χ1n) is 4.89. The first-order chi connectivity index (χ1) is 7.66. The van der Waals surface area contributed by atoms with Crippen LogP contribution in [-0.4, -0.2) is 4.98 Å². The summed E-state index contributed by atoms with van der Waals surface area (Å²) in [5.41, 5.74) is 9.54. The van der Waals surface area contributed by atoms with E-state index < -0.39 is 0 Å². The molecule has 82 valence electrons. The summed E-state index contributed by atoms with van der Waals surface area (Å²) in [5, 5.41) is 3.26. The largest absolute Gasteiger partial charge is 0.396 e. The molecular weight excluding hydrogens is 266 g/mol. The molecule has 0 amide bonds. The van der Waals surface area contributed by atoms with Gasteiger partial charge < -0.3 is 11.1 Å². The van der Waals surface area contributed by atoms with E-state index in [0.29, 0.717) is 5.69 Å². The van der Waals surface area contributed by atoms with Crippen LogP contribution in [0.3, 0.4) is 0 Å². The van der Waals surface area contributed by atoms with Crippen LogP contribution >= 0.6 is 15.9 Å². The van der Waals surface area contributed by atoms with Crippen LogP contribution in [0.5, 0.6) is 0 Å². The summed E-state index contributed by atoms with van der Waals surface area (Å²) in [6.45, 7) is 2.06. The summed E-state index contributed by atoms with van der Waals surface area (Å²) in [5.74, 6) is 0. The lowest BCUT2D eigenvalue weighted by Crippen LogP contribution is -1.98. The second kappa shape index (κ2) is 4.53. The molecule has 1 aromatic carbocycles. The van der Waals surface area contributed by atoms with Gasteiger partial charge in [-0.2, -0.15) is 0 Å². The lowest BCUT2D eigenvalue weighted by atomic mass is 10.2. The minimum atomic E-state index is 0.620. The molecule has 0 aliphatic heterocycles. The highest BCUT2D eigenvalue weighted by Crippen LogP contribution is 2.30. The fourth-order valence-electron chi connectivity index (χ4n) is 1.36. The van der Waals surface area contributed by atoms with Crippen LogP contribution in [0.2, 0.25) is 0 Å². The molecule has 2 rings (SSSR count). The predicted octanol–water partition coefficient (Wildman–Crippen LogP) is 3.48. The molecule has 0 spiro atoms. The molecule has 16 heavy (non-hydrogen) atoms. The van der Waals surface area contributed by atoms with Gasteiger partial charge in [0.1, 0.15) is 0 Å². The Labute approximate surface area is 103 Å². The molecule has 0 aliphatic rings. The van der Waals surface area contributed by atoms with E-state index in [1.807, 2.05) is 24.3 Å². The third kappa shape index (κ3) is 2.33. The summed E-state index contributed by atoms with van der Waals surface area (Å²) in [6, 6.07) is 8.13. The van der Waals surface area contributed by atoms with Gasteiger partial charge in [0.25, 0.3) is 0 Å². The topological polar surface area (TPSA) is 50.9 Å². The number of anilines is 3. The zero-order valence-electron chi connectivity index (χ0n) is 8.87. The van der Waals surface area contributed by atoms with Gasteiger partial charge in [-0.05, 0) is 35.0 Å². The van der Waals surface area contributed by atoms with Crippen molar-refractivity contribution in [2.45, 2.75) is 6.92 Å². The Morgan fingerprint density at radius 2 is 1.88 bits per heavy atom. The van der Waals surface area contributed by atoms with E-state index >= 15 is 0 Å². The molecule has 1 heterocycles. The second-order valence-corrected chi connectivity index (χ2v) is 4.43. The van der Waals surface area contributed by atoms with Crippen molar-refractivity contribution < 1.29 is 0 Å². The number of aromatic nitrogens is 1. The normalized spacial score (nSPS) is 10.1. The predicted molar refractivity (Wildman–Crippen MR) is 70.8 cm³/mol. The van der Waals surface area contributed by atoms with Crippen molar-refractivity contribution in [3.05, 3.63) is 46.7 Å². The average Bonchev–Trinajstić information content (AvgIpc) is 2.26. The molecule has 4 heteroatoms. The SMILES string of the molecule is Cc1ccc(Nc2c(N)cncc2Br)cc1. The molecule has 0 aliphatic carbocycles. The Bertz CT molecular complexity index is 474. The number of rotatable bonds is 2. The van der Waals surface area contributed by atoms with E-state index in [4.69, 9.17) is 5.73 Å². The Hall–Kier alpha value is -1.55. The van der Waals surface area contributed by atoms with Crippen LogP contribution in [0.4, 0.5) is 17.1 Å². The van der Waals surface area contributed by atoms with Crippen LogP contribution in [0.25, 0.3) is 0 Å². The molecule has 1 aromatic heterocycles. The van der Waals surface area contributed by atoms with Crippen LogP contribution in [0.1, 0.15) is 5.56 Å². The molecular formula is C12H12BrN3. The molecule has 0 radical (unpaired) electrons. The maximum Gasteiger partial charge on any atom is 0.0794 e. The summed E-state index contributed by atoms with van der Waals surface area (Å²) >= 11 is 3.41. The highest BCUT2D eigenvalue weighted by atomic mass is 79.9. The second-order valence-electron chi connectivity index (χ2n) is 3.58. The number of nitrogens with one attached hydrogen (secondary N) is 1. The minimum Gasteiger partial charge on any atom is -0.396 e. The van der Waals surface area contributed by atoms with Crippen LogP contribution < -0.4 is 11.1 Å². The van der Waals surface area contributed by atoms with Gasteiger partial charge in [-0.25, -0.2) is 0 Å². The number of hydrogen-bond donors (Lipinski definition) is 2. The molecule has 2 aromatic rings. The number of benzene rings is 1. The molecule has 0 bridgehead atoms. The Balaban J connectivity index is 2.30. The third-order valence-electron chi connectivity index (χ3n) is 2.25. The lowest BCUT2D eigenvalue weighted by molar-refractivity contribution is 1.31. The van der Waals surface area contributed by atoms with Crippen LogP contribution in [0, 0.1) is 6.92 Å². The number of pyridine rings is 1. The van der Waals surface area contributed by atoms with Crippen molar-refractivity contribution in [3.8, 4) is 0 Å². The molecule has 0 atom stereocenters. The Morgan fingerprint density at radius 3 is 2.50 bits per heavy atom. The number of aryl methyl sites for hydroxylation is 1. The average molecular weight is 278 g/mol. The zero-order chi connectivity index (χ0) is 11.5. The molecule has 0 saturated heterocycles. The standard InChI is InChI=1S/C12H12BrN3/c1-8-2-4-9(5-3-8)16-12-10(13)6-15-7-11(12)14/h2-7H,14H2,1H3,(H,15,16). The van der Waals surface area contributed by atoms with Crippen LogP contribution in [-0.2, 0) is 0 Å². The molecule has 0 unspecified atom stereocenters. The van der Waals surface area contributed by atoms with E-state index in [9.17, 15) is 0 Å². The maximum absolute atomic E-state index is 5.84. The van der Waals surface area contributed by atoms with Gasteiger partial charge in [0.15, 0.2) is 0 Å². The molecule has 3 N–H and O–H groups in total. The van der Waals surface area contributed by atoms with Crippen molar-refractivity contribution in [3.63, 3.8) is 0 Å². The van der Waals surface area contributed by atoms with Crippen molar-refractivity contribution in [2.75, 3.05) is 11.1 Å². The summed E-state index contributed by atoms with van der Waals surface area (Å²) < 4.78 is 0.855. The third-order valence-corrected chi connectivity index (χ3v) is 2.85. The van der Waals surface area contributed by atoms with E-state index in [-0.39, 0.29) is 0 Å². The first kappa shape index (κ1) is 11.0. The maximum atomic E-state index is 5.84. The fourth-order valence-corrected chi connectivity index (χ4v) is 1.81. The fraction of sp³-hybridized carbons (Fsp3) is 0.0833. The quantitative estimate of drug-likeness (QED) is 0.884. The monoisotopic (exact) mass is 277 g/mol. The van der Waals surface area contributed by atoms with E-state index in [1.165, 1.54) is 5.56 Å². The number of nitrogens with two attached hydrogens (primary N) is 1. The van der Waals surface area contributed by atoms with Crippen molar-refractivity contribution in [1.29, 1.82) is 0 Å². The first-order valence-corrected chi connectivity index (χ1v) is 5.69. The van der Waals surface area contributed by atoms with Gasteiger partial charge in [0.2, 0.25) is 0 Å². The summed E-state index contributed by atoms with van der Waals surface area (Å²) in [7, 11) is 0. The summed E-state index contributed by atoms with van der Waals surface area (Å²) in [4.78, 5) is 3.99. The molecule has 0 saturated carbocycles. The number of nitrogens with zero attached hydrogens (tertiary/aromatic N) is 1. The minimum absolute atomic E-state index is 0.620. The van der Waals surface area contributed by atoms with Crippen LogP contribution in [0.15, 0.2) is 41.1 Å². The molecule has 3 nitrogen and oxygen atoms in total. The van der Waals surface area contributed by atoms with Crippen molar-refractivity contribution in [1.82, 2.24) is 4.98 Å². The highest BCUT2D eigenvalue weighted by molar-refractivity contribution is 9.10. The van der Waals surface area contributed by atoms with Crippen molar-refractivity contribution >= 4 is 33.0 Å². The number of nitrogen functional groups attached to an aromatic ring is 1. The smallest absolute Gasteiger partial charge is 0.0794 e. The van der Waals surface area contributed by atoms with Gasteiger partial charge >= 0.3 is 0 Å². The van der Waals surface area contributed by atoms with Crippen molar-refractivity contribution in [2.24, 2.45) is 0 Å². The van der Waals surface area contributed by atoms with Gasteiger partial charge in [-0.15, -0.1) is 0 Å². The zero-order valence-corrected chi connectivity index (χ0v) is 10.5. The van der Waals surface area contributed by atoms with E-state index in [1.54, 1.807) is 12.4 Å². The van der Waals surface area contributed by atoms with Gasteiger partial charge in [0, 0.05) is 11.9 Å². The van der Waals surface area contributed by atoms with Gasteiger partial charge in [0.05, 0.1) is 22.0 Å². The highest BCUT2D eigenvalue weighted by Gasteiger charge is 2.04. The number of halogens is 1. The Morgan fingerprint density at radius 1 is 1.19 bits per heavy atom. The van der Waals surface area contributed by atoms with Gasteiger partial charge in [-0.1, -0.05) is 17.7 Å². The molecule has 0 fully saturated rings. The lowest BCUT2D eigenvalue weighted by Gasteiger charge is -2.10. The summed E-state index contributed by atoms with van der Waals surface area (Å²) in [6.07, 6.45) is 3.34. The van der Waals surface area contributed by atoms with Gasteiger partial charge in [-0.3, -0.25) is 4.98 Å². The van der Waals surface area contributed by atoms with E-state index in [0.717, 1.165) is 15.8 Å². The Kier molecular flexibility index (Phi) is 3.10. The number of hydrogen-bond acceptors (Lipinski definition) is 3. The van der Waals surface area contributed by atoms with E-state index in [2.05, 4.69) is 33.2 Å².